The smallest absolute Gasteiger partial charge is 0.176 e. The summed E-state index contributed by atoms with van der Waals surface area (Å²) in [5, 5.41) is 0.462. The Hall–Kier alpha value is -0.640. The molecule has 1 aromatic carbocycles. The minimum atomic E-state index is -0.192. The van der Waals surface area contributed by atoms with Crippen molar-refractivity contribution in [2.75, 3.05) is 7.11 Å². The maximum Gasteiger partial charge on any atom is 0.176 e. The van der Waals surface area contributed by atoms with Gasteiger partial charge in [0, 0.05) is 0 Å². The molecule has 0 fully saturated rings. The van der Waals surface area contributed by atoms with E-state index in [9.17, 15) is 0 Å². The molecule has 4 heteroatoms. The highest BCUT2D eigenvalue weighted by Crippen LogP contribution is 2.03. The van der Waals surface area contributed by atoms with E-state index in [1.807, 2.05) is 30.3 Å². The molecule has 0 bridgehead atoms. The first-order chi connectivity index (χ1) is 6.24. The van der Waals surface area contributed by atoms with E-state index in [2.05, 4.69) is 0 Å². The van der Waals surface area contributed by atoms with Crippen molar-refractivity contribution in [2.24, 2.45) is 5.73 Å². The summed E-state index contributed by atoms with van der Waals surface area (Å²) in [6.45, 7) is 0. The van der Waals surface area contributed by atoms with E-state index in [0.29, 0.717) is 5.05 Å². The summed E-state index contributed by atoms with van der Waals surface area (Å²) >= 11 is 4.93. The predicted octanol–water partition coefficient (Wildman–Crippen LogP) is 1.95. The van der Waals surface area contributed by atoms with Crippen LogP contribution < -0.4 is 5.73 Å². The van der Waals surface area contributed by atoms with E-state index < -0.39 is 0 Å². The quantitative estimate of drug-likeness (QED) is 0.808. The Labute approximate surface area is 95.9 Å². The molecule has 78 valence electrons. The number of nitrogens with two attached hydrogens (primary N) is 1. The second kappa shape index (κ2) is 6.76. The second-order valence-electron chi connectivity index (χ2n) is 2.82. The SMILES string of the molecule is COC(=S)[C@H](N)Cc1ccccc1.Cl. The lowest BCUT2D eigenvalue weighted by Gasteiger charge is -2.11. The van der Waals surface area contributed by atoms with Gasteiger partial charge in [-0.15, -0.1) is 12.4 Å². The fourth-order valence-electron chi connectivity index (χ4n) is 1.10. The molecule has 1 aromatic rings. The van der Waals surface area contributed by atoms with Crippen molar-refractivity contribution in [3.63, 3.8) is 0 Å². The maximum atomic E-state index is 5.79. The molecule has 0 heterocycles. The van der Waals surface area contributed by atoms with Crippen molar-refractivity contribution in [1.29, 1.82) is 0 Å². The van der Waals surface area contributed by atoms with Gasteiger partial charge in [-0.1, -0.05) is 30.3 Å². The fraction of sp³-hybridized carbons (Fsp3) is 0.300. The van der Waals surface area contributed by atoms with Crippen LogP contribution in [0.25, 0.3) is 0 Å². The molecule has 0 unspecified atom stereocenters. The van der Waals surface area contributed by atoms with Crippen LogP contribution in [0.4, 0.5) is 0 Å². The maximum absolute atomic E-state index is 5.79. The Bertz CT molecular complexity index is 279. The minimum Gasteiger partial charge on any atom is -0.489 e. The molecule has 0 aliphatic carbocycles. The number of ether oxygens (including phenoxy) is 1. The number of hydrogen-bond acceptors (Lipinski definition) is 3. The van der Waals surface area contributed by atoms with Gasteiger partial charge < -0.3 is 10.5 Å². The first-order valence-electron chi connectivity index (χ1n) is 4.11. The normalized spacial score (nSPS) is 11.3. The van der Waals surface area contributed by atoms with Crippen LogP contribution in [-0.4, -0.2) is 18.2 Å². The molecule has 0 aliphatic rings. The van der Waals surface area contributed by atoms with E-state index in [1.54, 1.807) is 7.11 Å². The molecular formula is C10H14ClNOS. The van der Waals surface area contributed by atoms with Gasteiger partial charge >= 0.3 is 0 Å². The van der Waals surface area contributed by atoms with Crippen LogP contribution in [0, 0.1) is 0 Å². The van der Waals surface area contributed by atoms with Gasteiger partial charge in [-0.05, 0) is 24.2 Å². The Morgan fingerprint density at radius 2 is 2.00 bits per heavy atom. The second-order valence-corrected chi connectivity index (χ2v) is 3.22. The molecule has 0 saturated heterocycles. The zero-order valence-corrected chi connectivity index (χ0v) is 9.61. The monoisotopic (exact) mass is 231 g/mol. The third-order valence-corrected chi connectivity index (χ3v) is 2.27. The average molecular weight is 232 g/mol. The summed E-state index contributed by atoms with van der Waals surface area (Å²) in [6.07, 6.45) is 0.730. The van der Waals surface area contributed by atoms with Crippen LogP contribution >= 0.6 is 24.6 Å². The van der Waals surface area contributed by atoms with Crippen LogP contribution in [0.2, 0.25) is 0 Å². The van der Waals surface area contributed by atoms with E-state index in [4.69, 9.17) is 22.7 Å². The number of rotatable bonds is 3. The van der Waals surface area contributed by atoms with Gasteiger partial charge in [-0.25, -0.2) is 0 Å². The molecule has 1 rings (SSSR count). The lowest BCUT2D eigenvalue weighted by Crippen LogP contribution is -2.32. The molecule has 0 saturated carbocycles. The molecule has 2 N–H and O–H groups in total. The molecule has 0 aromatic heterocycles. The van der Waals surface area contributed by atoms with Crippen LogP contribution in [0.1, 0.15) is 5.56 Å². The molecule has 0 radical (unpaired) electrons. The highest BCUT2D eigenvalue weighted by Gasteiger charge is 2.09. The van der Waals surface area contributed by atoms with Crippen LogP contribution in [0.3, 0.4) is 0 Å². The highest BCUT2D eigenvalue weighted by atomic mass is 35.5. The van der Waals surface area contributed by atoms with E-state index in [0.717, 1.165) is 6.42 Å². The Morgan fingerprint density at radius 3 is 2.50 bits per heavy atom. The molecule has 0 aliphatic heterocycles. The summed E-state index contributed by atoms with van der Waals surface area (Å²) in [4.78, 5) is 0. The van der Waals surface area contributed by atoms with E-state index in [1.165, 1.54) is 5.56 Å². The number of methoxy groups -OCH3 is 1. The largest absolute Gasteiger partial charge is 0.489 e. The van der Waals surface area contributed by atoms with Gasteiger partial charge in [0.25, 0.3) is 0 Å². The van der Waals surface area contributed by atoms with Crippen molar-refractivity contribution in [3.05, 3.63) is 35.9 Å². The molecule has 14 heavy (non-hydrogen) atoms. The van der Waals surface area contributed by atoms with Gasteiger partial charge in [0.2, 0.25) is 0 Å². The van der Waals surface area contributed by atoms with Gasteiger partial charge in [-0.2, -0.15) is 0 Å². The molecular weight excluding hydrogens is 218 g/mol. The summed E-state index contributed by atoms with van der Waals surface area (Å²) in [5.74, 6) is 0. The minimum absolute atomic E-state index is 0. The third kappa shape index (κ3) is 4.05. The number of thiocarbonyl (C=S) groups is 1. The third-order valence-electron chi connectivity index (χ3n) is 1.80. The first-order valence-corrected chi connectivity index (χ1v) is 4.52. The van der Waals surface area contributed by atoms with E-state index >= 15 is 0 Å². The lowest BCUT2D eigenvalue weighted by molar-refractivity contribution is 0.393. The van der Waals surface area contributed by atoms with Gasteiger partial charge in [0.1, 0.15) is 0 Å². The van der Waals surface area contributed by atoms with Crippen molar-refractivity contribution < 1.29 is 4.74 Å². The summed E-state index contributed by atoms with van der Waals surface area (Å²) in [6, 6.07) is 9.80. The number of halogens is 1. The van der Waals surface area contributed by atoms with Crippen LogP contribution in [0.15, 0.2) is 30.3 Å². The van der Waals surface area contributed by atoms with Crippen molar-refractivity contribution in [3.8, 4) is 0 Å². The summed E-state index contributed by atoms with van der Waals surface area (Å²) in [5.41, 5.74) is 6.97. The molecule has 1 atom stereocenters. The number of hydrogen-bond donors (Lipinski definition) is 1. The average Bonchev–Trinajstić information content (AvgIpc) is 2.18. The van der Waals surface area contributed by atoms with E-state index in [-0.39, 0.29) is 18.4 Å². The molecule has 0 amide bonds. The van der Waals surface area contributed by atoms with Gasteiger partial charge in [-0.3, -0.25) is 0 Å². The van der Waals surface area contributed by atoms with Crippen molar-refractivity contribution in [2.45, 2.75) is 12.5 Å². The fourth-order valence-corrected chi connectivity index (χ4v) is 1.19. The van der Waals surface area contributed by atoms with Gasteiger partial charge in [0.15, 0.2) is 5.05 Å². The lowest BCUT2D eigenvalue weighted by atomic mass is 10.1. The number of benzene rings is 1. The van der Waals surface area contributed by atoms with Gasteiger partial charge in [0.05, 0.1) is 13.2 Å². The Morgan fingerprint density at radius 1 is 1.43 bits per heavy atom. The molecule has 0 spiro atoms. The summed E-state index contributed by atoms with van der Waals surface area (Å²) in [7, 11) is 1.55. The van der Waals surface area contributed by atoms with Crippen LogP contribution in [0.5, 0.6) is 0 Å². The predicted molar refractivity (Wildman–Crippen MR) is 65.0 cm³/mol. The van der Waals surface area contributed by atoms with Crippen LogP contribution in [-0.2, 0) is 11.2 Å². The highest BCUT2D eigenvalue weighted by molar-refractivity contribution is 7.80. The topological polar surface area (TPSA) is 35.2 Å². The van der Waals surface area contributed by atoms with Crippen molar-refractivity contribution in [1.82, 2.24) is 0 Å². The standard InChI is InChI=1S/C10H13NOS.ClH/c1-12-10(13)9(11)7-8-5-3-2-4-6-8;/h2-6,9H,7,11H2,1H3;1H/t9-;/m1./s1. The zero-order chi connectivity index (χ0) is 9.68. The molecule has 2 nitrogen and oxygen atoms in total. The zero-order valence-electron chi connectivity index (χ0n) is 7.97. The Balaban J connectivity index is 0.00000169. The summed E-state index contributed by atoms with van der Waals surface area (Å²) < 4.78 is 4.89. The first kappa shape index (κ1) is 13.4. The van der Waals surface area contributed by atoms with Crippen molar-refractivity contribution >= 4 is 29.7 Å². The Kier molecular flexibility index (Phi) is 6.45.